The van der Waals surface area contributed by atoms with Gasteiger partial charge in [-0.15, -0.1) is 0 Å². The molecule has 3 N–H and O–H groups in total. The average Bonchev–Trinajstić information content (AvgIpc) is 2.54. The zero-order valence-electron chi connectivity index (χ0n) is 8.01. The SMILES string of the molecule is NC(=O)C(NCC(F)(F)F)C1CCCO1. The number of hydrogen-bond acceptors (Lipinski definition) is 3. The lowest BCUT2D eigenvalue weighted by molar-refractivity contribution is -0.134. The molecular weight excluding hydrogens is 213 g/mol. The Hall–Kier alpha value is -0.820. The topological polar surface area (TPSA) is 64.4 Å². The zero-order chi connectivity index (χ0) is 11.5. The minimum absolute atomic E-state index is 0.460. The van der Waals surface area contributed by atoms with Crippen LogP contribution in [0.25, 0.3) is 0 Å². The quantitative estimate of drug-likeness (QED) is 0.718. The van der Waals surface area contributed by atoms with E-state index in [4.69, 9.17) is 10.5 Å². The Morgan fingerprint density at radius 3 is 2.67 bits per heavy atom. The van der Waals surface area contributed by atoms with E-state index in [1.165, 1.54) is 0 Å². The van der Waals surface area contributed by atoms with Crippen LogP contribution in [-0.2, 0) is 9.53 Å². The van der Waals surface area contributed by atoms with Crippen molar-refractivity contribution in [1.82, 2.24) is 5.32 Å². The summed E-state index contributed by atoms with van der Waals surface area (Å²) in [6.07, 6.45) is -3.60. The minimum Gasteiger partial charge on any atom is -0.376 e. The van der Waals surface area contributed by atoms with E-state index < -0.39 is 30.8 Å². The second-order valence-corrected chi connectivity index (χ2v) is 3.43. The number of primary amides is 1. The van der Waals surface area contributed by atoms with Crippen molar-refractivity contribution in [3.63, 3.8) is 0 Å². The molecule has 0 aliphatic carbocycles. The third kappa shape index (κ3) is 4.05. The van der Waals surface area contributed by atoms with Gasteiger partial charge in [-0.25, -0.2) is 0 Å². The van der Waals surface area contributed by atoms with E-state index in [-0.39, 0.29) is 0 Å². The highest BCUT2D eigenvalue weighted by molar-refractivity contribution is 5.80. The molecule has 4 nitrogen and oxygen atoms in total. The fourth-order valence-electron chi connectivity index (χ4n) is 1.51. The summed E-state index contributed by atoms with van der Waals surface area (Å²) < 4.78 is 40.8. The number of alkyl halides is 3. The standard InChI is InChI=1S/C8H13F3N2O2/c9-8(10,11)4-13-6(7(12)14)5-2-1-3-15-5/h5-6,13H,1-4H2,(H2,12,14). The van der Waals surface area contributed by atoms with E-state index in [2.05, 4.69) is 5.32 Å². The highest BCUT2D eigenvalue weighted by Gasteiger charge is 2.34. The lowest BCUT2D eigenvalue weighted by Crippen LogP contribution is -2.51. The highest BCUT2D eigenvalue weighted by atomic mass is 19.4. The van der Waals surface area contributed by atoms with Crippen LogP contribution in [-0.4, -0.2) is 37.4 Å². The molecule has 7 heteroatoms. The Kier molecular flexibility index (Phi) is 3.92. The number of nitrogens with two attached hydrogens (primary N) is 1. The van der Waals surface area contributed by atoms with Crippen LogP contribution in [0.4, 0.5) is 13.2 Å². The molecule has 0 aromatic carbocycles. The Balaban J connectivity index is 2.47. The van der Waals surface area contributed by atoms with E-state index in [1.807, 2.05) is 0 Å². The maximum Gasteiger partial charge on any atom is 0.401 e. The summed E-state index contributed by atoms with van der Waals surface area (Å²) in [5.74, 6) is -0.814. The molecule has 0 aromatic rings. The van der Waals surface area contributed by atoms with Crippen LogP contribution >= 0.6 is 0 Å². The molecule has 0 bridgehead atoms. The van der Waals surface area contributed by atoms with Crippen molar-refractivity contribution in [2.45, 2.75) is 31.2 Å². The van der Waals surface area contributed by atoms with Crippen LogP contribution in [0.2, 0.25) is 0 Å². The summed E-state index contributed by atoms with van der Waals surface area (Å²) in [7, 11) is 0. The van der Waals surface area contributed by atoms with Gasteiger partial charge in [0.05, 0.1) is 12.6 Å². The fourth-order valence-corrected chi connectivity index (χ4v) is 1.51. The number of halogens is 3. The average molecular weight is 226 g/mol. The molecule has 1 saturated heterocycles. The van der Waals surface area contributed by atoms with Crippen LogP contribution in [0.3, 0.4) is 0 Å². The maximum atomic E-state index is 11.9. The molecule has 1 heterocycles. The Morgan fingerprint density at radius 2 is 2.27 bits per heavy atom. The summed E-state index contributed by atoms with van der Waals surface area (Å²) in [6.45, 7) is -0.775. The summed E-state index contributed by atoms with van der Waals surface area (Å²) in [5, 5.41) is 2.08. The van der Waals surface area contributed by atoms with Crippen molar-refractivity contribution in [1.29, 1.82) is 0 Å². The van der Waals surface area contributed by atoms with Gasteiger partial charge in [0, 0.05) is 6.61 Å². The number of amides is 1. The number of ether oxygens (including phenoxy) is 1. The molecular formula is C8H13F3N2O2. The van der Waals surface area contributed by atoms with Crippen LogP contribution in [0.1, 0.15) is 12.8 Å². The van der Waals surface area contributed by atoms with Gasteiger partial charge < -0.3 is 10.5 Å². The van der Waals surface area contributed by atoms with E-state index >= 15 is 0 Å². The van der Waals surface area contributed by atoms with Crippen LogP contribution < -0.4 is 11.1 Å². The molecule has 1 rings (SSSR count). The van der Waals surface area contributed by atoms with E-state index in [1.54, 1.807) is 0 Å². The van der Waals surface area contributed by atoms with Gasteiger partial charge in [0.25, 0.3) is 0 Å². The minimum atomic E-state index is -4.35. The van der Waals surface area contributed by atoms with Crippen LogP contribution in [0.15, 0.2) is 0 Å². The smallest absolute Gasteiger partial charge is 0.376 e. The first-order valence-electron chi connectivity index (χ1n) is 4.61. The van der Waals surface area contributed by atoms with Crippen LogP contribution in [0, 0.1) is 0 Å². The predicted octanol–water partition coefficient (Wildman–Crippen LogP) is 0.171. The van der Waals surface area contributed by atoms with Crippen molar-refractivity contribution in [2.75, 3.05) is 13.2 Å². The number of hydrogen-bond donors (Lipinski definition) is 2. The second kappa shape index (κ2) is 4.80. The van der Waals surface area contributed by atoms with Crippen molar-refractivity contribution in [2.24, 2.45) is 5.73 Å². The van der Waals surface area contributed by atoms with Gasteiger partial charge in [-0.05, 0) is 12.8 Å². The number of carbonyl (C=O) groups excluding carboxylic acids is 1. The Morgan fingerprint density at radius 1 is 1.60 bits per heavy atom. The predicted molar refractivity (Wildman–Crippen MR) is 46.0 cm³/mol. The van der Waals surface area contributed by atoms with Gasteiger partial charge in [0.15, 0.2) is 0 Å². The normalized spacial score (nSPS) is 24.1. The van der Waals surface area contributed by atoms with Gasteiger partial charge in [0.2, 0.25) is 5.91 Å². The van der Waals surface area contributed by atoms with Crippen molar-refractivity contribution >= 4 is 5.91 Å². The molecule has 15 heavy (non-hydrogen) atoms. The largest absolute Gasteiger partial charge is 0.401 e. The first-order valence-corrected chi connectivity index (χ1v) is 4.61. The molecule has 1 aliphatic heterocycles. The molecule has 0 radical (unpaired) electrons. The Labute approximate surface area is 84.9 Å². The molecule has 88 valence electrons. The summed E-state index contributed by atoms with van der Waals surface area (Å²) in [4.78, 5) is 10.9. The van der Waals surface area contributed by atoms with Crippen molar-refractivity contribution in [3.8, 4) is 0 Å². The number of rotatable bonds is 4. The van der Waals surface area contributed by atoms with E-state index in [0.29, 0.717) is 13.0 Å². The third-order valence-corrected chi connectivity index (χ3v) is 2.17. The van der Waals surface area contributed by atoms with Gasteiger partial charge >= 0.3 is 6.18 Å². The molecule has 0 spiro atoms. The number of nitrogens with one attached hydrogen (secondary N) is 1. The molecule has 1 fully saturated rings. The maximum absolute atomic E-state index is 11.9. The lowest BCUT2D eigenvalue weighted by atomic mass is 10.1. The van der Waals surface area contributed by atoms with E-state index in [9.17, 15) is 18.0 Å². The summed E-state index contributed by atoms with van der Waals surface area (Å²) >= 11 is 0. The highest BCUT2D eigenvalue weighted by Crippen LogP contribution is 2.18. The molecule has 2 atom stereocenters. The van der Waals surface area contributed by atoms with Gasteiger partial charge in [-0.1, -0.05) is 0 Å². The summed E-state index contributed by atoms with van der Waals surface area (Å²) in [6, 6.07) is -1.06. The lowest BCUT2D eigenvalue weighted by Gasteiger charge is -2.21. The third-order valence-electron chi connectivity index (χ3n) is 2.17. The second-order valence-electron chi connectivity index (χ2n) is 3.43. The fraction of sp³-hybridized carbons (Fsp3) is 0.875. The van der Waals surface area contributed by atoms with Crippen LogP contribution in [0.5, 0.6) is 0 Å². The summed E-state index contributed by atoms with van der Waals surface area (Å²) in [5.41, 5.74) is 5.00. The monoisotopic (exact) mass is 226 g/mol. The van der Waals surface area contributed by atoms with E-state index in [0.717, 1.165) is 6.42 Å². The first-order chi connectivity index (χ1) is 6.90. The van der Waals surface area contributed by atoms with Gasteiger partial charge in [-0.2, -0.15) is 13.2 Å². The molecule has 1 amide bonds. The molecule has 0 saturated carbocycles. The molecule has 2 unspecified atom stereocenters. The van der Waals surface area contributed by atoms with Crippen molar-refractivity contribution < 1.29 is 22.7 Å². The number of carbonyl (C=O) groups is 1. The van der Waals surface area contributed by atoms with Gasteiger partial charge in [-0.3, -0.25) is 10.1 Å². The molecule has 0 aromatic heterocycles. The van der Waals surface area contributed by atoms with Crippen molar-refractivity contribution in [3.05, 3.63) is 0 Å². The molecule has 1 aliphatic rings. The zero-order valence-corrected chi connectivity index (χ0v) is 8.01. The Bertz CT molecular complexity index is 226. The first kappa shape index (κ1) is 12.3. The van der Waals surface area contributed by atoms with Gasteiger partial charge in [0.1, 0.15) is 6.04 Å².